The normalized spacial score (nSPS) is 22.2. The minimum Gasteiger partial charge on any atom is -0.490 e. The second-order valence-electron chi connectivity index (χ2n) is 9.50. The molecule has 4 nitrogen and oxygen atoms in total. The first kappa shape index (κ1) is 22.8. The van der Waals surface area contributed by atoms with E-state index in [9.17, 15) is 4.79 Å². The van der Waals surface area contributed by atoms with Gasteiger partial charge in [-0.3, -0.25) is 4.79 Å². The third-order valence-corrected chi connectivity index (χ3v) is 7.00. The molecule has 2 atom stereocenters. The molecule has 4 rings (SSSR count). The molecule has 1 amide bonds. The zero-order valence-corrected chi connectivity index (χ0v) is 19.4. The summed E-state index contributed by atoms with van der Waals surface area (Å²) in [5.41, 5.74) is 4.04. The maximum atomic E-state index is 11.1. The van der Waals surface area contributed by atoms with Crippen LogP contribution in [-0.2, 0) is 22.5 Å². The van der Waals surface area contributed by atoms with Gasteiger partial charge in [0.2, 0.25) is 5.91 Å². The number of benzene rings is 2. The Morgan fingerprint density at radius 2 is 1.62 bits per heavy atom. The van der Waals surface area contributed by atoms with E-state index in [-0.39, 0.29) is 5.91 Å². The van der Waals surface area contributed by atoms with E-state index in [1.165, 1.54) is 55.2 Å². The van der Waals surface area contributed by atoms with E-state index in [1.54, 1.807) is 6.92 Å². The highest BCUT2D eigenvalue weighted by Gasteiger charge is 2.21. The van der Waals surface area contributed by atoms with Gasteiger partial charge in [-0.15, -0.1) is 0 Å². The lowest BCUT2D eigenvalue weighted by molar-refractivity contribution is -0.119. The Hall–Kier alpha value is -2.33. The third kappa shape index (κ3) is 6.83. The molecule has 2 aromatic rings. The average molecular weight is 436 g/mol. The van der Waals surface area contributed by atoms with Gasteiger partial charge in [0.1, 0.15) is 11.9 Å². The highest BCUT2D eigenvalue weighted by Crippen LogP contribution is 2.35. The number of hydrogen-bond donors (Lipinski definition) is 1. The molecule has 1 aliphatic heterocycles. The van der Waals surface area contributed by atoms with Crippen LogP contribution in [0.5, 0.6) is 5.75 Å². The van der Waals surface area contributed by atoms with Crippen LogP contribution >= 0.6 is 0 Å². The molecular formula is C28H37NO3. The number of ether oxygens (including phenoxy) is 2. The van der Waals surface area contributed by atoms with Gasteiger partial charge in [0, 0.05) is 26.3 Å². The van der Waals surface area contributed by atoms with Crippen molar-refractivity contribution in [3.8, 4) is 5.75 Å². The molecule has 1 N–H and O–H groups in total. The molecule has 0 radical (unpaired) electrons. The molecule has 2 aliphatic rings. The van der Waals surface area contributed by atoms with Crippen molar-refractivity contribution >= 4 is 5.91 Å². The molecule has 0 aromatic heterocycles. The Kier molecular flexibility index (Phi) is 8.22. The lowest BCUT2D eigenvalue weighted by Crippen LogP contribution is -2.25. The van der Waals surface area contributed by atoms with Crippen LogP contribution in [0.15, 0.2) is 48.5 Å². The van der Waals surface area contributed by atoms with Crippen LogP contribution in [0.2, 0.25) is 0 Å². The molecule has 0 spiro atoms. The van der Waals surface area contributed by atoms with Gasteiger partial charge in [0.25, 0.3) is 0 Å². The minimum atomic E-state index is 0.0189. The van der Waals surface area contributed by atoms with E-state index < -0.39 is 0 Å². The van der Waals surface area contributed by atoms with Crippen LogP contribution in [0.1, 0.15) is 74.5 Å². The van der Waals surface area contributed by atoms with Gasteiger partial charge in [0.15, 0.2) is 0 Å². The van der Waals surface area contributed by atoms with Crippen LogP contribution in [0, 0.1) is 5.92 Å². The zero-order chi connectivity index (χ0) is 22.2. The largest absolute Gasteiger partial charge is 0.490 e. The highest BCUT2D eigenvalue weighted by atomic mass is 16.5. The fourth-order valence-corrected chi connectivity index (χ4v) is 5.07. The van der Waals surface area contributed by atoms with Gasteiger partial charge in [-0.05, 0) is 66.3 Å². The molecule has 1 saturated carbocycles. The lowest BCUT2D eigenvalue weighted by Gasteiger charge is -2.23. The Morgan fingerprint density at radius 3 is 2.34 bits per heavy atom. The van der Waals surface area contributed by atoms with Gasteiger partial charge in [-0.2, -0.15) is 0 Å². The molecular weight excluding hydrogens is 398 g/mol. The zero-order valence-electron chi connectivity index (χ0n) is 19.4. The summed E-state index contributed by atoms with van der Waals surface area (Å²) in [4.78, 5) is 11.1. The highest BCUT2D eigenvalue weighted by molar-refractivity contribution is 5.72. The second kappa shape index (κ2) is 11.5. The molecule has 2 fully saturated rings. The van der Waals surface area contributed by atoms with E-state index in [4.69, 9.17) is 9.47 Å². The first-order valence-corrected chi connectivity index (χ1v) is 12.3. The summed E-state index contributed by atoms with van der Waals surface area (Å²) in [6, 6.07) is 17.7. The van der Waals surface area contributed by atoms with Crippen LogP contribution < -0.4 is 10.1 Å². The molecule has 4 heteroatoms. The van der Waals surface area contributed by atoms with Gasteiger partial charge in [-0.1, -0.05) is 49.2 Å². The quantitative estimate of drug-likeness (QED) is 0.560. The fourth-order valence-electron chi connectivity index (χ4n) is 5.07. The average Bonchev–Trinajstić information content (AvgIpc) is 3.06. The first-order valence-electron chi connectivity index (χ1n) is 12.3. The Labute approximate surface area is 192 Å². The Morgan fingerprint density at radius 1 is 0.906 bits per heavy atom. The maximum absolute atomic E-state index is 11.1. The van der Waals surface area contributed by atoms with Crippen molar-refractivity contribution in [3.05, 3.63) is 65.2 Å². The summed E-state index contributed by atoms with van der Waals surface area (Å²) >= 11 is 0. The summed E-state index contributed by atoms with van der Waals surface area (Å²) in [6.45, 7) is 3.80. The van der Waals surface area contributed by atoms with Gasteiger partial charge < -0.3 is 14.8 Å². The van der Waals surface area contributed by atoms with E-state index in [0.29, 0.717) is 18.6 Å². The number of amides is 1. The van der Waals surface area contributed by atoms with Gasteiger partial charge >= 0.3 is 0 Å². The number of hydrogen-bond acceptors (Lipinski definition) is 3. The fraction of sp³-hybridized carbons (Fsp3) is 0.536. The van der Waals surface area contributed by atoms with Gasteiger partial charge in [0.05, 0.1) is 13.2 Å². The van der Waals surface area contributed by atoms with Crippen LogP contribution in [0.4, 0.5) is 0 Å². The summed E-state index contributed by atoms with van der Waals surface area (Å²) in [6.07, 6.45) is 9.89. The van der Waals surface area contributed by atoms with E-state index >= 15 is 0 Å². The first-order chi connectivity index (χ1) is 15.7. The molecule has 2 unspecified atom stereocenters. The third-order valence-electron chi connectivity index (χ3n) is 7.00. The summed E-state index contributed by atoms with van der Waals surface area (Å²) in [5.74, 6) is 2.43. The van der Waals surface area contributed by atoms with E-state index in [1.807, 2.05) is 0 Å². The smallest absolute Gasteiger partial charge is 0.217 e. The van der Waals surface area contributed by atoms with Crippen LogP contribution in [0.25, 0.3) is 0 Å². The van der Waals surface area contributed by atoms with E-state index in [2.05, 4.69) is 53.8 Å². The van der Waals surface area contributed by atoms with Gasteiger partial charge in [-0.25, -0.2) is 0 Å². The lowest BCUT2D eigenvalue weighted by atomic mass is 9.89. The molecule has 1 saturated heterocycles. The number of nitrogens with one attached hydrogen (secondary N) is 1. The minimum absolute atomic E-state index is 0.0189. The summed E-state index contributed by atoms with van der Waals surface area (Å²) in [7, 11) is 0. The molecule has 172 valence electrons. The van der Waals surface area contributed by atoms with Crippen molar-refractivity contribution in [2.75, 3.05) is 13.2 Å². The Bertz CT molecular complexity index is 840. The van der Waals surface area contributed by atoms with Crippen molar-refractivity contribution in [3.63, 3.8) is 0 Å². The molecule has 1 aliphatic carbocycles. The van der Waals surface area contributed by atoms with Crippen molar-refractivity contribution in [1.82, 2.24) is 5.32 Å². The van der Waals surface area contributed by atoms with Crippen LogP contribution in [0.3, 0.4) is 0 Å². The maximum Gasteiger partial charge on any atom is 0.217 e. The standard InChI is InChI=1S/C28H37NO3/c1-21(30)29-20-24-6-11-26(12-7-24)25-4-2-3-22(5-10-25)19-23-8-13-27(14-9-23)32-28-15-17-31-18-16-28/h6-9,11-14,22,25,28H,2-5,10,15-20H2,1H3,(H,29,30). The van der Waals surface area contributed by atoms with Crippen molar-refractivity contribution in [1.29, 1.82) is 0 Å². The second-order valence-corrected chi connectivity index (χ2v) is 9.50. The van der Waals surface area contributed by atoms with E-state index in [0.717, 1.165) is 37.7 Å². The summed E-state index contributed by atoms with van der Waals surface area (Å²) < 4.78 is 11.5. The van der Waals surface area contributed by atoms with Crippen molar-refractivity contribution < 1.29 is 14.3 Å². The Balaban J connectivity index is 1.25. The number of rotatable bonds is 7. The topological polar surface area (TPSA) is 47.6 Å². The number of carbonyl (C=O) groups excluding carboxylic acids is 1. The summed E-state index contributed by atoms with van der Waals surface area (Å²) in [5, 5.41) is 2.87. The molecule has 32 heavy (non-hydrogen) atoms. The predicted molar refractivity (Wildman–Crippen MR) is 128 cm³/mol. The predicted octanol–water partition coefficient (Wildman–Crippen LogP) is 5.79. The SMILES string of the molecule is CC(=O)NCc1ccc(C2CCCC(Cc3ccc(OC4CCOCC4)cc3)CC2)cc1. The molecule has 0 bridgehead atoms. The monoisotopic (exact) mass is 435 g/mol. The number of carbonyl (C=O) groups is 1. The van der Waals surface area contributed by atoms with Crippen LogP contribution in [-0.4, -0.2) is 25.2 Å². The molecule has 2 aromatic carbocycles. The van der Waals surface area contributed by atoms with Crippen molar-refractivity contribution in [2.45, 2.75) is 76.9 Å². The van der Waals surface area contributed by atoms with Crippen molar-refractivity contribution in [2.24, 2.45) is 5.92 Å². The molecule has 1 heterocycles.